The van der Waals surface area contributed by atoms with Crippen LogP contribution in [0.1, 0.15) is 33.6 Å². The van der Waals surface area contributed by atoms with E-state index in [9.17, 15) is 14.0 Å². The van der Waals surface area contributed by atoms with Gasteiger partial charge in [-0.15, -0.1) is 0 Å². The molecule has 0 aromatic heterocycles. The highest BCUT2D eigenvalue weighted by Crippen LogP contribution is 2.24. The molecule has 1 rings (SSSR count). The predicted molar refractivity (Wildman–Crippen MR) is 86.4 cm³/mol. The molecule has 0 saturated carbocycles. The van der Waals surface area contributed by atoms with Crippen molar-refractivity contribution >= 4 is 29.1 Å². The third kappa shape index (κ3) is 4.44. The van der Waals surface area contributed by atoms with Crippen LogP contribution in [0.3, 0.4) is 0 Å². The molecule has 2 amide bonds. The molecule has 0 aliphatic heterocycles. The monoisotopic (exact) mass is 328 g/mol. The number of nitrogens with one attached hydrogen (secondary N) is 1. The van der Waals surface area contributed by atoms with E-state index in [1.165, 1.54) is 18.2 Å². The maximum Gasteiger partial charge on any atom is 0.239 e. The van der Waals surface area contributed by atoms with E-state index in [-0.39, 0.29) is 10.9 Å². The second-order valence-corrected chi connectivity index (χ2v) is 6.20. The van der Waals surface area contributed by atoms with Crippen LogP contribution in [0.25, 0.3) is 0 Å². The van der Waals surface area contributed by atoms with Crippen LogP contribution in [0.2, 0.25) is 5.02 Å². The molecule has 0 heterocycles. The minimum Gasteiger partial charge on any atom is -0.345 e. The van der Waals surface area contributed by atoms with Gasteiger partial charge in [-0.25, -0.2) is 4.39 Å². The molecule has 1 N–H and O–H groups in total. The molecule has 0 aliphatic rings. The quantitative estimate of drug-likeness (QED) is 0.809. The lowest BCUT2D eigenvalue weighted by Crippen LogP contribution is -2.46. The van der Waals surface area contributed by atoms with Gasteiger partial charge in [-0.2, -0.15) is 0 Å². The first kappa shape index (κ1) is 18.4. The predicted octanol–water partition coefficient (Wildman–Crippen LogP) is 3.70. The summed E-state index contributed by atoms with van der Waals surface area (Å²) in [6.07, 6.45) is 1.85. The molecule has 0 fully saturated rings. The fraction of sp³-hybridized carbons (Fsp3) is 0.500. The molecule has 22 heavy (non-hydrogen) atoms. The van der Waals surface area contributed by atoms with E-state index < -0.39 is 17.1 Å². The van der Waals surface area contributed by atoms with Crippen molar-refractivity contribution in [2.45, 2.75) is 33.6 Å². The van der Waals surface area contributed by atoms with E-state index in [4.69, 9.17) is 11.6 Å². The van der Waals surface area contributed by atoms with E-state index in [0.29, 0.717) is 12.2 Å². The Bertz CT molecular complexity index is 561. The van der Waals surface area contributed by atoms with Gasteiger partial charge in [0.25, 0.3) is 0 Å². The second-order valence-electron chi connectivity index (χ2n) is 5.79. The van der Waals surface area contributed by atoms with Crippen LogP contribution in [0.5, 0.6) is 0 Å². The van der Waals surface area contributed by atoms with Crippen LogP contribution in [0, 0.1) is 11.2 Å². The molecular weight excluding hydrogens is 307 g/mol. The van der Waals surface area contributed by atoms with Gasteiger partial charge < -0.3 is 10.2 Å². The van der Waals surface area contributed by atoms with Gasteiger partial charge in [-0.3, -0.25) is 9.59 Å². The van der Waals surface area contributed by atoms with Crippen LogP contribution < -0.4 is 5.32 Å². The Morgan fingerprint density at radius 3 is 2.55 bits per heavy atom. The number of benzene rings is 1. The van der Waals surface area contributed by atoms with Crippen molar-refractivity contribution in [2.24, 2.45) is 5.41 Å². The number of anilines is 1. The average molecular weight is 329 g/mol. The number of unbranched alkanes of at least 4 members (excludes halogenated alkanes) is 1. The highest BCUT2D eigenvalue weighted by molar-refractivity contribution is 6.31. The number of rotatable bonds is 6. The van der Waals surface area contributed by atoms with Gasteiger partial charge in [0.05, 0.1) is 5.02 Å². The Balaban J connectivity index is 2.80. The zero-order valence-corrected chi connectivity index (χ0v) is 14.1. The van der Waals surface area contributed by atoms with Gasteiger partial charge in [-0.1, -0.05) is 24.9 Å². The fourth-order valence-corrected chi connectivity index (χ4v) is 2.11. The van der Waals surface area contributed by atoms with Crippen LogP contribution >= 0.6 is 11.6 Å². The van der Waals surface area contributed by atoms with E-state index in [2.05, 4.69) is 5.32 Å². The number of amides is 2. The summed E-state index contributed by atoms with van der Waals surface area (Å²) >= 11 is 5.68. The first-order valence-corrected chi connectivity index (χ1v) is 7.60. The van der Waals surface area contributed by atoms with E-state index in [0.717, 1.165) is 12.8 Å². The summed E-state index contributed by atoms with van der Waals surface area (Å²) < 4.78 is 13.1. The molecule has 0 atom stereocenters. The number of hydrogen-bond acceptors (Lipinski definition) is 2. The highest BCUT2D eigenvalue weighted by Gasteiger charge is 2.38. The molecule has 6 heteroatoms. The van der Waals surface area contributed by atoms with Crippen molar-refractivity contribution in [3.8, 4) is 0 Å². The van der Waals surface area contributed by atoms with Crippen molar-refractivity contribution in [3.63, 3.8) is 0 Å². The SMILES string of the molecule is CCCCN(C)C(=O)C(C)(C)C(=O)Nc1ccc(F)c(Cl)c1. The summed E-state index contributed by atoms with van der Waals surface area (Å²) in [5.74, 6) is -1.27. The number of nitrogens with zero attached hydrogens (tertiary/aromatic N) is 1. The first-order chi connectivity index (χ1) is 10.2. The fourth-order valence-electron chi connectivity index (χ4n) is 1.93. The van der Waals surface area contributed by atoms with Crippen LogP contribution in [0.4, 0.5) is 10.1 Å². The first-order valence-electron chi connectivity index (χ1n) is 7.22. The number of carbonyl (C=O) groups is 2. The van der Waals surface area contributed by atoms with Gasteiger partial charge in [0.1, 0.15) is 11.2 Å². The van der Waals surface area contributed by atoms with Crippen LogP contribution in [0.15, 0.2) is 18.2 Å². The van der Waals surface area contributed by atoms with E-state index >= 15 is 0 Å². The minimum atomic E-state index is -1.22. The molecule has 1 aromatic rings. The largest absolute Gasteiger partial charge is 0.345 e. The van der Waals surface area contributed by atoms with Crippen molar-refractivity contribution in [2.75, 3.05) is 18.9 Å². The lowest BCUT2D eigenvalue weighted by Gasteiger charge is -2.28. The van der Waals surface area contributed by atoms with Gasteiger partial charge in [0.2, 0.25) is 11.8 Å². The van der Waals surface area contributed by atoms with Crippen molar-refractivity contribution in [1.82, 2.24) is 4.90 Å². The zero-order chi connectivity index (χ0) is 16.9. The summed E-state index contributed by atoms with van der Waals surface area (Å²) in [4.78, 5) is 26.3. The lowest BCUT2D eigenvalue weighted by molar-refractivity contribution is -0.145. The Labute approximate surface area is 135 Å². The molecule has 0 aliphatic carbocycles. The molecular formula is C16H22ClFN2O2. The van der Waals surface area contributed by atoms with E-state index in [1.54, 1.807) is 25.8 Å². The van der Waals surface area contributed by atoms with Crippen molar-refractivity contribution in [3.05, 3.63) is 29.0 Å². The minimum absolute atomic E-state index is 0.0815. The van der Waals surface area contributed by atoms with Crippen molar-refractivity contribution < 1.29 is 14.0 Å². The third-order valence-electron chi connectivity index (χ3n) is 3.47. The molecule has 4 nitrogen and oxygen atoms in total. The van der Waals surface area contributed by atoms with Gasteiger partial charge >= 0.3 is 0 Å². The van der Waals surface area contributed by atoms with Crippen LogP contribution in [-0.4, -0.2) is 30.3 Å². The van der Waals surface area contributed by atoms with E-state index in [1.807, 2.05) is 6.92 Å². The molecule has 0 spiro atoms. The lowest BCUT2D eigenvalue weighted by atomic mass is 9.90. The maximum absolute atomic E-state index is 13.1. The molecule has 0 unspecified atom stereocenters. The Kier molecular flexibility index (Phi) is 6.35. The third-order valence-corrected chi connectivity index (χ3v) is 3.76. The molecule has 0 saturated heterocycles. The second kappa shape index (κ2) is 7.58. The number of carbonyl (C=O) groups excluding carboxylic acids is 2. The Hall–Kier alpha value is -1.62. The number of halogens is 2. The maximum atomic E-state index is 13.1. The smallest absolute Gasteiger partial charge is 0.239 e. The molecule has 0 radical (unpaired) electrons. The average Bonchev–Trinajstić information content (AvgIpc) is 2.47. The molecule has 1 aromatic carbocycles. The molecule has 122 valence electrons. The Morgan fingerprint density at radius 1 is 1.36 bits per heavy atom. The topological polar surface area (TPSA) is 49.4 Å². The summed E-state index contributed by atoms with van der Waals surface area (Å²) in [6.45, 7) is 5.78. The summed E-state index contributed by atoms with van der Waals surface area (Å²) in [7, 11) is 1.68. The van der Waals surface area contributed by atoms with Gasteiger partial charge in [0, 0.05) is 19.3 Å². The van der Waals surface area contributed by atoms with Gasteiger partial charge in [0.15, 0.2) is 0 Å². The number of hydrogen-bond donors (Lipinski definition) is 1. The summed E-state index contributed by atoms with van der Waals surface area (Å²) in [5, 5.41) is 2.52. The summed E-state index contributed by atoms with van der Waals surface area (Å²) in [6, 6.07) is 3.89. The van der Waals surface area contributed by atoms with Crippen molar-refractivity contribution in [1.29, 1.82) is 0 Å². The normalized spacial score (nSPS) is 11.2. The van der Waals surface area contributed by atoms with Gasteiger partial charge in [-0.05, 0) is 38.5 Å². The summed E-state index contributed by atoms with van der Waals surface area (Å²) in [5.41, 5.74) is -0.864. The highest BCUT2D eigenvalue weighted by atomic mass is 35.5. The Morgan fingerprint density at radius 2 is 2.00 bits per heavy atom. The zero-order valence-electron chi connectivity index (χ0n) is 13.4. The molecule has 0 bridgehead atoms. The standard InChI is InChI=1S/C16H22ClFN2O2/c1-5-6-9-20(4)15(22)16(2,3)14(21)19-11-7-8-13(18)12(17)10-11/h7-8,10H,5-6,9H2,1-4H3,(H,19,21). The van der Waals surface area contributed by atoms with Crippen LogP contribution in [-0.2, 0) is 9.59 Å².